The van der Waals surface area contributed by atoms with E-state index in [9.17, 15) is 9.59 Å². The van der Waals surface area contributed by atoms with Gasteiger partial charge in [0.05, 0.1) is 17.4 Å². The first-order valence-electron chi connectivity index (χ1n) is 12.0. The summed E-state index contributed by atoms with van der Waals surface area (Å²) in [6.45, 7) is 7.35. The van der Waals surface area contributed by atoms with Crippen molar-refractivity contribution in [3.8, 4) is 11.3 Å². The second kappa shape index (κ2) is 9.16. The molecule has 1 aliphatic rings. The average molecular weight is 484 g/mol. The van der Waals surface area contributed by atoms with E-state index >= 15 is 0 Å². The zero-order valence-electron chi connectivity index (χ0n) is 20.7. The number of hydrogen-bond acceptors (Lipinski definition) is 6. The Balaban J connectivity index is 1.30. The van der Waals surface area contributed by atoms with Crippen LogP contribution < -0.4 is 5.73 Å². The highest BCUT2D eigenvalue weighted by Crippen LogP contribution is 2.25. The van der Waals surface area contributed by atoms with Crippen LogP contribution in [0.2, 0.25) is 0 Å². The summed E-state index contributed by atoms with van der Waals surface area (Å²) in [6.07, 6.45) is 1.56. The quantitative estimate of drug-likeness (QED) is 0.478. The van der Waals surface area contributed by atoms with Crippen molar-refractivity contribution in [2.24, 2.45) is 5.73 Å². The summed E-state index contributed by atoms with van der Waals surface area (Å²) in [5.74, 6) is -0.277. The van der Waals surface area contributed by atoms with Crippen molar-refractivity contribution in [2.45, 2.75) is 26.4 Å². The maximum absolute atomic E-state index is 13.3. The van der Waals surface area contributed by atoms with Crippen LogP contribution >= 0.6 is 0 Å². The van der Waals surface area contributed by atoms with Gasteiger partial charge in [-0.1, -0.05) is 41.6 Å². The minimum atomic E-state index is -0.744. The summed E-state index contributed by atoms with van der Waals surface area (Å²) in [5, 5.41) is 8.97. The van der Waals surface area contributed by atoms with Crippen LogP contribution in [0.15, 0.2) is 60.8 Å². The second-order valence-electron chi connectivity index (χ2n) is 9.71. The smallest absolute Gasteiger partial charge is 0.276 e. The van der Waals surface area contributed by atoms with Crippen molar-refractivity contribution in [1.29, 1.82) is 0 Å². The summed E-state index contributed by atoms with van der Waals surface area (Å²) < 4.78 is 1.47. The number of amides is 2. The van der Waals surface area contributed by atoms with E-state index < -0.39 is 5.66 Å². The van der Waals surface area contributed by atoms with Gasteiger partial charge in [-0.2, -0.15) is 0 Å². The third-order valence-electron chi connectivity index (χ3n) is 6.49. The third-order valence-corrected chi connectivity index (χ3v) is 6.49. The Kier molecular flexibility index (Phi) is 6.01. The maximum Gasteiger partial charge on any atom is 0.276 e. The van der Waals surface area contributed by atoms with E-state index in [1.54, 1.807) is 29.8 Å². The molecule has 3 heterocycles. The Labute approximate surface area is 209 Å². The number of aryl methyl sites for hydroxylation is 1. The number of pyridine rings is 1. The van der Waals surface area contributed by atoms with E-state index in [0.29, 0.717) is 31.7 Å². The maximum atomic E-state index is 13.3. The van der Waals surface area contributed by atoms with Gasteiger partial charge in [0.15, 0.2) is 5.69 Å². The molecule has 0 radical (unpaired) electrons. The molecule has 2 aromatic heterocycles. The van der Waals surface area contributed by atoms with Gasteiger partial charge in [0.2, 0.25) is 0 Å². The van der Waals surface area contributed by atoms with Crippen LogP contribution in [-0.2, 0) is 5.66 Å². The Morgan fingerprint density at radius 2 is 1.58 bits per heavy atom. The number of benzene rings is 2. The molecule has 0 spiro atoms. The molecule has 0 bridgehead atoms. The van der Waals surface area contributed by atoms with Crippen LogP contribution in [0.1, 0.15) is 40.3 Å². The minimum Gasteiger partial charge on any atom is -0.335 e. The fourth-order valence-electron chi connectivity index (χ4n) is 4.39. The summed E-state index contributed by atoms with van der Waals surface area (Å²) in [5.41, 5.74) is 9.94. The summed E-state index contributed by atoms with van der Waals surface area (Å²) in [7, 11) is 0. The van der Waals surface area contributed by atoms with Crippen LogP contribution in [0.4, 0.5) is 0 Å². The molecule has 2 aromatic carbocycles. The summed E-state index contributed by atoms with van der Waals surface area (Å²) in [4.78, 5) is 34.5. The van der Waals surface area contributed by atoms with Crippen LogP contribution in [-0.4, -0.2) is 67.8 Å². The highest BCUT2D eigenvalue weighted by Gasteiger charge is 2.28. The Hall–Kier alpha value is -4.11. The minimum absolute atomic E-state index is 0.0654. The van der Waals surface area contributed by atoms with Gasteiger partial charge in [-0.05, 0) is 44.5 Å². The average Bonchev–Trinajstić information content (AvgIpc) is 3.39. The summed E-state index contributed by atoms with van der Waals surface area (Å²) in [6, 6.07) is 17.8. The van der Waals surface area contributed by atoms with Crippen molar-refractivity contribution in [3.63, 3.8) is 0 Å². The van der Waals surface area contributed by atoms with Crippen LogP contribution in [0.3, 0.4) is 0 Å². The van der Waals surface area contributed by atoms with Gasteiger partial charge in [-0.25, -0.2) is 9.67 Å². The largest absolute Gasteiger partial charge is 0.335 e. The van der Waals surface area contributed by atoms with E-state index in [-0.39, 0.29) is 17.5 Å². The third kappa shape index (κ3) is 4.57. The van der Waals surface area contributed by atoms with E-state index in [4.69, 9.17) is 10.7 Å². The summed E-state index contributed by atoms with van der Waals surface area (Å²) >= 11 is 0. The van der Waals surface area contributed by atoms with Gasteiger partial charge in [0.25, 0.3) is 11.8 Å². The lowest BCUT2D eigenvalue weighted by atomic mass is 10.0. The Bertz CT molecular complexity index is 1430. The van der Waals surface area contributed by atoms with Gasteiger partial charge in [-0.3, -0.25) is 9.59 Å². The Morgan fingerprint density at radius 3 is 2.22 bits per heavy atom. The molecule has 2 amide bonds. The first-order chi connectivity index (χ1) is 17.2. The molecule has 36 heavy (non-hydrogen) atoms. The molecular formula is C27H29N7O2. The highest BCUT2D eigenvalue weighted by atomic mass is 16.2. The number of aromatic nitrogens is 4. The van der Waals surface area contributed by atoms with Gasteiger partial charge in [0, 0.05) is 42.7 Å². The lowest BCUT2D eigenvalue weighted by molar-refractivity contribution is 0.0532. The van der Waals surface area contributed by atoms with Crippen molar-refractivity contribution >= 4 is 22.7 Å². The zero-order chi connectivity index (χ0) is 25.4. The van der Waals surface area contributed by atoms with Crippen molar-refractivity contribution in [1.82, 2.24) is 29.8 Å². The van der Waals surface area contributed by atoms with Gasteiger partial charge in [0.1, 0.15) is 5.66 Å². The first kappa shape index (κ1) is 23.6. The van der Waals surface area contributed by atoms with E-state index in [1.807, 2.05) is 48.5 Å². The molecule has 0 atom stereocenters. The molecular weight excluding hydrogens is 454 g/mol. The number of piperazine rings is 1. The van der Waals surface area contributed by atoms with Crippen LogP contribution in [0.25, 0.3) is 22.2 Å². The zero-order valence-corrected chi connectivity index (χ0v) is 20.7. The van der Waals surface area contributed by atoms with Gasteiger partial charge >= 0.3 is 0 Å². The van der Waals surface area contributed by atoms with Crippen molar-refractivity contribution < 1.29 is 9.59 Å². The number of rotatable bonds is 4. The molecule has 1 aliphatic heterocycles. The molecule has 0 aliphatic carbocycles. The molecule has 9 heteroatoms. The number of hydrogen-bond donors (Lipinski definition) is 1. The molecule has 5 rings (SSSR count). The molecule has 9 nitrogen and oxygen atoms in total. The van der Waals surface area contributed by atoms with Crippen LogP contribution in [0, 0.1) is 6.92 Å². The molecule has 4 aromatic rings. The molecule has 2 N–H and O–H groups in total. The Morgan fingerprint density at radius 1 is 0.917 bits per heavy atom. The molecule has 0 unspecified atom stereocenters. The lowest BCUT2D eigenvalue weighted by Gasteiger charge is -2.34. The number of nitrogens with zero attached hydrogens (tertiary/aromatic N) is 6. The normalized spacial score (nSPS) is 14.3. The number of carbonyl (C=O) groups is 2. The highest BCUT2D eigenvalue weighted by molar-refractivity contribution is 5.99. The van der Waals surface area contributed by atoms with E-state index in [1.165, 1.54) is 4.68 Å². The predicted molar refractivity (Wildman–Crippen MR) is 137 cm³/mol. The fraction of sp³-hybridized carbons (Fsp3) is 0.296. The van der Waals surface area contributed by atoms with Gasteiger partial charge < -0.3 is 15.5 Å². The standard InChI is InChI=1S/C27H29N7O2/c1-18-15-22(19-7-5-4-6-8-19)29-23-16-20(9-10-21(18)23)25(35)32-11-13-33(14-12-32)26(36)24-17-34(31-30-24)27(2,3)28/h4-10,15-17H,11-14,28H2,1-3H3. The fourth-order valence-corrected chi connectivity index (χ4v) is 4.39. The SMILES string of the molecule is Cc1cc(-c2ccccc2)nc2cc(C(=O)N3CCN(C(=O)c4cn(C(C)(C)N)nn4)CC3)ccc12. The van der Waals surface area contributed by atoms with E-state index in [2.05, 4.69) is 23.3 Å². The molecule has 0 saturated carbocycles. The van der Waals surface area contributed by atoms with E-state index in [0.717, 1.165) is 27.7 Å². The monoisotopic (exact) mass is 483 g/mol. The number of fused-ring (bicyclic) bond motifs is 1. The van der Waals surface area contributed by atoms with Crippen molar-refractivity contribution in [2.75, 3.05) is 26.2 Å². The van der Waals surface area contributed by atoms with Crippen LogP contribution in [0.5, 0.6) is 0 Å². The topological polar surface area (TPSA) is 110 Å². The van der Waals surface area contributed by atoms with Gasteiger partial charge in [-0.15, -0.1) is 5.10 Å². The second-order valence-corrected chi connectivity index (χ2v) is 9.71. The number of carbonyl (C=O) groups excluding carboxylic acids is 2. The first-order valence-corrected chi connectivity index (χ1v) is 12.0. The molecule has 1 saturated heterocycles. The van der Waals surface area contributed by atoms with Crippen molar-refractivity contribution in [3.05, 3.63) is 77.6 Å². The lowest BCUT2D eigenvalue weighted by Crippen LogP contribution is -2.50. The predicted octanol–water partition coefficient (Wildman–Crippen LogP) is 3.05. The number of nitrogens with two attached hydrogens (primary N) is 1. The molecule has 1 fully saturated rings. The molecule has 184 valence electrons.